The van der Waals surface area contributed by atoms with E-state index in [0.717, 1.165) is 68.5 Å². The Balaban J connectivity index is 1.41. The van der Waals surface area contributed by atoms with Crippen molar-refractivity contribution in [2.45, 2.75) is 71.0 Å². The number of hydrogen-bond donors (Lipinski definition) is 3. The summed E-state index contributed by atoms with van der Waals surface area (Å²) in [5.41, 5.74) is 7.08. The van der Waals surface area contributed by atoms with Crippen LogP contribution in [0, 0.1) is 6.92 Å². The lowest BCUT2D eigenvalue weighted by Crippen LogP contribution is -2.31. The van der Waals surface area contributed by atoms with Gasteiger partial charge in [-0.15, -0.1) is 0 Å². The predicted molar refractivity (Wildman–Crippen MR) is 133 cm³/mol. The van der Waals surface area contributed by atoms with Crippen LogP contribution in [0.5, 0.6) is 5.75 Å². The van der Waals surface area contributed by atoms with E-state index < -0.39 is 5.97 Å². The number of nitrogens with zero attached hydrogens (tertiary/aromatic N) is 1. The zero-order valence-electron chi connectivity index (χ0n) is 20.8. The lowest BCUT2D eigenvalue weighted by atomic mass is 9.76. The minimum absolute atomic E-state index is 0.0609. The Kier molecular flexibility index (Phi) is 9.51. The van der Waals surface area contributed by atoms with Crippen LogP contribution >= 0.6 is 0 Å². The first-order chi connectivity index (χ1) is 16.4. The number of carboxylic acids is 1. The van der Waals surface area contributed by atoms with Gasteiger partial charge in [0.05, 0.1) is 26.7 Å². The Morgan fingerprint density at radius 2 is 1.68 bits per heavy atom. The van der Waals surface area contributed by atoms with E-state index in [-0.39, 0.29) is 19.6 Å². The molecule has 34 heavy (non-hydrogen) atoms. The summed E-state index contributed by atoms with van der Waals surface area (Å²) in [5.74, 6) is 0.687. The molecule has 6 nitrogen and oxygen atoms in total. The molecule has 3 rings (SSSR count). The van der Waals surface area contributed by atoms with E-state index >= 15 is 0 Å². The largest absolute Gasteiger partial charge is 0.496 e. The molecular formula is C28H39NO5. The number of carbonyl (C=O) groups is 1. The standard InChI is InChI=1S/C28H39NO5/c1-19-10-22-13-23(26(22)15-27(19)34-3)16-29(2)9-7-5-4-6-8-20-11-24(17-30)25(18-31)12-21(20)14-28(32)33/h10-12,15,23,30-31H,4-9,13-14,16-18H2,1-3H3,(H,32,33)/t23-/m1/s1. The zero-order valence-corrected chi connectivity index (χ0v) is 20.8. The van der Waals surface area contributed by atoms with Crippen LogP contribution in [0.15, 0.2) is 24.3 Å². The number of methoxy groups -OCH3 is 1. The maximum Gasteiger partial charge on any atom is 0.307 e. The summed E-state index contributed by atoms with van der Waals surface area (Å²) in [6, 6.07) is 8.07. The van der Waals surface area contributed by atoms with Gasteiger partial charge in [-0.25, -0.2) is 0 Å². The van der Waals surface area contributed by atoms with Crippen molar-refractivity contribution in [2.75, 3.05) is 27.2 Å². The van der Waals surface area contributed by atoms with Crippen LogP contribution in [0.25, 0.3) is 0 Å². The molecule has 0 amide bonds. The summed E-state index contributed by atoms with van der Waals surface area (Å²) in [6.45, 7) is 3.88. The van der Waals surface area contributed by atoms with Gasteiger partial charge in [0.25, 0.3) is 0 Å². The monoisotopic (exact) mass is 469 g/mol. The molecule has 0 saturated heterocycles. The molecule has 0 unspecified atom stereocenters. The van der Waals surface area contributed by atoms with Gasteiger partial charge in [0, 0.05) is 12.5 Å². The Hall–Kier alpha value is -2.41. The molecule has 0 saturated carbocycles. The lowest BCUT2D eigenvalue weighted by Gasteiger charge is -2.34. The van der Waals surface area contributed by atoms with Crippen LogP contribution in [0.1, 0.15) is 70.5 Å². The second kappa shape index (κ2) is 12.3. The van der Waals surface area contributed by atoms with E-state index in [4.69, 9.17) is 4.74 Å². The highest BCUT2D eigenvalue weighted by molar-refractivity contribution is 5.71. The molecule has 0 aliphatic heterocycles. The fourth-order valence-corrected chi connectivity index (χ4v) is 5.11. The quantitative estimate of drug-likeness (QED) is 0.363. The highest BCUT2D eigenvalue weighted by atomic mass is 16.5. The first-order valence-corrected chi connectivity index (χ1v) is 12.3. The summed E-state index contributed by atoms with van der Waals surface area (Å²) in [7, 11) is 3.93. The van der Waals surface area contributed by atoms with Crippen LogP contribution in [0.4, 0.5) is 0 Å². The summed E-state index contributed by atoms with van der Waals surface area (Å²) in [4.78, 5) is 13.7. The number of unbranched alkanes of at least 4 members (excludes halogenated alkanes) is 3. The highest BCUT2D eigenvalue weighted by Crippen LogP contribution is 2.39. The molecule has 6 heteroatoms. The number of aliphatic hydroxyl groups is 2. The molecule has 1 aliphatic carbocycles. The van der Waals surface area contributed by atoms with Gasteiger partial charge in [-0.2, -0.15) is 0 Å². The number of fused-ring (bicyclic) bond motifs is 1. The zero-order chi connectivity index (χ0) is 24.7. The molecule has 1 aliphatic rings. The van der Waals surface area contributed by atoms with E-state index in [2.05, 4.69) is 31.0 Å². The van der Waals surface area contributed by atoms with Gasteiger partial charge in [-0.1, -0.05) is 31.0 Å². The summed E-state index contributed by atoms with van der Waals surface area (Å²) >= 11 is 0. The minimum Gasteiger partial charge on any atom is -0.496 e. The second-order valence-electron chi connectivity index (χ2n) is 9.62. The van der Waals surface area contributed by atoms with Gasteiger partial charge in [0.1, 0.15) is 5.75 Å². The smallest absolute Gasteiger partial charge is 0.307 e. The summed E-state index contributed by atoms with van der Waals surface area (Å²) in [5, 5.41) is 28.3. The molecule has 0 heterocycles. The molecule has 0 bridgehead atoms. The van der Waals surface area contributed by atoms with Crippen molar-refractivity contribution < 1.29 is 24.9 Å². The number of ether oxygens (including phenoxy) is 1. The fraction of sp³-hybridized carbons (Fsp3) is 0.536. The third kappa shape index (κ3) is 6.59. The summed E-state index contributed by atoms with van der Waals surface area (Å²) in [6.07, 6.45) is 6.21. The van der Waals surface area contributed by atoms with Crippen LogP contribution < -0.4 is 4.74 Å². The molecule has 2 aromatic carbocycles. The molecule has 3 N–H and O–H groups in total. The van der Waals surface area contributed by atoms with Crippen LogP contribution in [0.2, 0.25) is 0 Å². The average Bonchev–Trinajstić information content (AvgIpc) is 2.80. The maximum atomic E-state index is 11.2. The van der Waals surface area contributed by atoms with E-state index in [1.165, 1.54) is 16.7 Å². The molecule has 2 aromatic rings. The molecule has 0 radical (unpaired) electrons. The van der Waals surface area contributed by atoms with Crippen molar-refractivity contribution in [2.24, 2.45) is 0 Å². The van der Waals surface area contributed by atoms with Gasteiger partial charge in [-0.3, -0.25) is 4.79 Å². The van der Waals surface area contributed by atoms with E-state index in [9.17, 15) is 20.1 Å². The third-order valence-electron chi connectivity index (χ3n) is 7.04. The molecule has 0 aromatic heterocycles. The Morgan fingerprint density at radius 1 is 1.00 bits per heavy atom. The van der Waals surface area contributed by atoms with Gasteiger partial charge < -0.3 is 25.0 Å². The maximum absolute atomic E-state index is 11.2. The SMILES string of the molecule is COc1cc2c(cc1C)C[C@@H]2CN(C)CCCCCCc1cc(CO)c(CO)cc1CC(=O)O. The molecule has 0 spiro atoms. The first kappa shape index (κ1) is 26.2. The van der Waals surface area contributed by atoms with Crippen molar-refractivity contribution in [3.63, 3.8) is 0 Å². The molecule has 1 atom stereocenters. The number of hydrogen-bond acceptors (Lipinski definition) is 5. The summed E-state index contributed by atoms with van der Waals surface area (Å²) < 4.78 is 5.49. The second-order valence-corrected chi connectivity index (χ2v) is 9.62. The Morgan fingerprint density at radius 3 is 2.32 bits per heavy atom. The normalized spacial score (nSPS) is 14.7. The number of rotatable bonds is 14. The van der Waals surface area contributed by atoms with E-state index in [1.807, 2.05) is 6.07 Å². The van der Waals surface area contributed by atoms with Gasteiger partial charge >= 0.3 is 5.97 Å². The van der Waals surface area contributed by atoms with Crippen molar-refractivity contribution >= 4 is 5.97 Å². The van der Waals surface area contributed by atoms with E-state index in [0.29, 0.717) is 17.0 Å². The molecule has 186 valence electrons. The molecular weight excluding hydrogens is 430 g/mol. The van der Waals surface area contributed by atoms with Crippen molar-refractivity contribution in [1.82, 2.24) is 4.90 Å². The van der Waals surface area contributed by atoms with Crippen LogP contribution in [-0.2, 0) is 37.3 Å². The number of aliphatic hydroxyl groups excluding tert-OH is 2. The van der Waals surface area contributed by atoms with Gasteiger partial charge in [0.15, 0.2) is 0 Å². The average molecular weight is 470 g/mol. The van der Waals surface area contributed by atoms with Crippen molar-refractivity contribution in [3.8, 4) is 5.75 Å². The van der Waals surface area contributed by atoms with Crippen molar-refractivity contribution in [1.29, 1.82) is 0 Å². The van der Waals surface area contributed by atoms with Crippen LogP contribution in [-0.4, -0.2) is 53.4 Å². The number of aliphatic carboxylic acids is 1. The highest BCUT2D eigenvalue weighted by Gasteiger charge is 2.28. The van der Waals surface area contributed by atoms with Gasteiger partial charge in [-0.05, 0) is 91.2 Å². The Labute approximate surface area is 203 Å². The predicted octanol–water partition coefficient (Wildman–Crippen LogP) is 3.99. The van der Waals surface area contributed by atoms with E-state index in [1.54, 1.807) is 13.2 Å². The topological polar surface area (TPSA) is 90.2 Å². The minimum atomic E-state index is -0.882. The third-order valence-corrected chi connectivity index (χ3v) is 7.04. The number of likely N-dealkylation sites (N-methyl/N-ethyl adjacent to an activating group) is 1. The van der Waals surface area contributed by atoms with Crippen molar-refractivity contribution in [3.05, 3.63) is 63.2 Å². The van der Waals surface area contributed by atoms with Crippen LogP contribution in [0.3, 0.4) is 0 Å². The number of benzene rings is 2. The number of carboxylic acid groups (broad SMARTS) is 1. The first-order valence-electron chi connectivity index (χ1n) is 12.3. The molecule has 0 fully saturated rings. The lowest BCUT2D eigenvalue weighted by molar-refractivity contribution is -0.136. The fourth-order valence-electron chi connectivity index (χ4n) is 5.11. The van der Waals surface area contributed by atoms with Gasteiger partial charge in [0.2, 0.25) is 0 Å². The number of aryl methyl sites for hydroxylation is 2. The Bertz CT molecular complexity index is 987.